The van der Waals surface area contributed by atoms with Crippen molar-refractivity contribution in [2.24, 2.45) is 5.73 Å². The Morgan fingerprint density at radius 1 is 1.05 bits per heavy atom. The van der Waals surface area contributed by atoms with Crippen LogP contribution in [0.15, 0.2) is 42.5 Å². The maximum atomic E-state index is 10.8. The van der Waals surface area contributed by atoms with Gasteiger partial charge < -0.3 is 10.8 Å². The molecule has 0 amide bonds. The summed E-state index contributed by atoms with van der Waals surface area (Å²) >= 11 is 0. The minimum absolute atomic E-state index is 0.0722. The molecule has 0 radical (unpaired) electrons. The quantitative estimate of drug-likeness (QED) is 0.880. The Morgan fingerprint density at radius 2 is 1.76 bits per heavy atom. The van der Waals surface area contributed by atoms with E-state index in [0.717, 1.165) is 17.5 Å². The molecule has 0 bridgehead atoms. The molecule has 2 aromatic carbocycles. The summed E-state index contributed by atoms with van der Waals surface area (Å²) in [7, 11) is 0. The summed E-state index contributed by atoms with van der Waals surface area (Å²) < 4.78 is 0. The van der Waals surface area contributed by atoms with Gasteiger partial charge in [0.1, 0.15) is 0 Å². The number of hydrogen-bond acceptors (Lipinski definition) is 2. The molecule has 0 aliphatic heterocycles. The molecule has 2 aromatic rings. The third kappa shape index (κ3) is 3.34. The molecule has 21 heavy (non-hydrogen) atoms. The van der Waals surface area contributed by atoms with Crippen LogP contribution in [0.25, 0.3) is 0 Å². The van der Waals surface area contributed by atoms with E-state index in [1.165, 1.54) is 16.7 Å². The van der Waals surface area contributed by atoms with Gasteiger partial charge in [-0.2, -0.15) is 0 Å². The molecule has 0 fully saturated rings. The number of aryl methyl sites for hydroxylation is 3. The van der Waals surface area contributed by atoms with E-state index < -0.39 is 6.10 Å². The van der Waals surface area contributed by atoms with E-state index in [-0.39, 0.29) is 5.92 Å². The van der Waals surface area contributed by atoms with Crippen LogP contribution < -0.4 is 5.73 Å². The monoisotopic (exact) mass is 283 g/mol. The lowest BCUT2D eigenvalue weighted by Crippen LogP contribution is -2.21. The Balaban J connectivity index is 2.38. The molecule has 112 valence electrons. The van der Waals surface area contributed by atoms with E-state index in [2.05, 4.69) is 45.0 Å². The fourth-order valence-electron chi connectivity index (χ4n) is 2.80. The number of rotatable bonds is 5. The summed E-state index contributed by atoms with van der Waals surface area (Å²) in [4.78, 5) is 0. The number of benzene rings is 2. The summed E-state index contributed by atoms with van der Waals surface area (Å²) in [5.74, 6) is -0.0722. The molecule has 0 aliphatic rings. The standard InChI is InChI=1S/C19H25NO/c1-4-15-7-5-6-8-17(15)19(21)18(12-20)16-10-9-13(2)14(3)11-16/h5-11,18-19,21H,4,12,20H2,1-3H3. The lowest BCUT2D eigenvalue weighted by Gasteiger charge is -2.25. The zero-order valence-corrected chi connectivity index (χ0v) is 13.1. The molecule has 3 N–H and O–H groups in total. The first-order valence-electron chi connectivity index (χ1n) is 7.61. The van der Waals surface area contributed by atoms with E-state index in [0.29, 0.717) is 6.54 Å². The number of aliphatic hydroxyl groups excluding tert-OH is 1. The first-order valence-corrected chi connectivity index (χ1v) is 7.61. The second-order valence-electron chi connectivity index (χ2n) is 5.68. The van der Waals surface area contributed by atoms with Crippen LogP contribution in [0, 0.1) is 13.8 Å². The Morgan fingerprint density at radius 3 is 2.38 bits per heavy atom. The molecule has 0 heterocycles. The number of aliphatic hydroxyl groups is 1. The van der Waals surface area contributed by atoms with Gasteiger partial charge in [0.25, 0.3) is 0 Å². The molecular weight excluding hydrogens is 258 g/mol. The van der Waals surface area contributed by atoms with Gasteiger partial charge in [0.2, 0.25) is 0 Å². The lowest BCUT2D eigenvalue weighted by atomic mass is 9.85. The van der Waals surface area contributed by atoms with Crippen LogP contribution in [0.5, 0.6) is 0 Å². The van der Waals surface area contributed by atoms with Gasteiger partial charge in [-0.15, -0.1) is 0 Å². The van der Waals surface area contributed by atoms with E-state index in [1.54, 1.807) is 0 Å². The normalized spacial score (nSPS) is 14.0. The largest absolute Gasteiger partial charge is 0.388 e. The highest BCUT2D eigenvalue weighted by atomic mass is 16.3. The summed E-state index contributed by atoms with van der Waals surface area (Å²) in [5, 5.41) is 10.8. The maximum Gasteiger partial charge on any atom is 0.0873 e. The van der Waals surface area contributed by atoms with Crippen molar-refractivity contribution in [3.63, 3.8) is 0 Å². The second kappa shape index (κ2) is 6.88. The van der Waals surface area contributed by atoms with Crippen molar-refractivity contribution in [1.82, 2.24) is 0 Å². The van der Waals surface area contributed by atoms with Gasteiger partial charge in [-0.1, -0.05) is 49.4 Å². The zero-order valence-electron chi connectivity index (χ0n) is 13.1. The third-order valence-electron chi connectivity index (χ3n) is 4.35. The van der Waals surface area contributed by atoms with Gasteiger partial charge >= 0.3 is 0 Å². The van der Waals surface area contributed by atoms with Crippen LogP contribution in [0.4, 0.5) is 0 Å². The Bertz CT molecular complexity index is 606. The minimum Gasteiger partial charge on any atom is -0.388 e. The molecule has 0 saturated heterocycles. The van der Waals surface area contributed by atoms with E-state index in [9.17, 15) is 5.11 Å². The van der Waals surface area contributed by atoms with Crippen molar-refractivity contribution in [3.05, 3.63) is 70.3 Å². The predicted octanol–water partition coefficient (Wildman–Crippen LogP) is 3.64. The molecule has 2 atom stereocenters. The van der Waals surface area contributed by atoms with Crippen molar-refractivity contribution in [3.8, 4) is 0 Å². The number of hydrogen-bond donors (Lipinski definition) is 2. The molecule has 0 aliphatic carbocycles. The van der Waals surface area contributed by atoms with Gasteiger partial charge in [0.15, 0.2) is 0 Å². The van der Waals surface area contributed by atoms with Gasteiger partial charge in [-0.3, -0.25) is 0 Å². The van der Waals surface area contributed by atoms with Gasteiger partial charge in [-0.05, 0) is 48.1 Å². The highest BCUT2D eigenvalue weighted by Gasteiger charge is 2.23. The minimum atomic E-state index is -0.562. The molecule has 2 rings (SSSR count). The fourth-order valence-corrected chi connectivity index (χ4v) is 2.80. The van der Waals surface area contributed by atoms with E-state index in [4.69, 9.17) is 5.73 Å². The first kappa shape index (κ1) is 15.7. The molecular formula is C19H25NO. The summed E-state index contributed by atoms with van der Waals surface area (Å²) in [5.41, 5.74) is 11.8. The van der Waals surface area contributed by atoms with Gasteiger partial charge in [0.05, 0.1) is 6.10 Å². The lowest BCUT2D eigenvalue weighted by molar-refractivity contribution is 0.146. The third-order valence-corrected chi connectivity index (χ3v) is 4.35. The van der Waals surface area contributed by atoms with Crippen LogP contribution in [-0.2, 0) is 6.42 Å². The summed E-state index contributed by atoms with van der Waals surface area (Å²) in [6.07, 6.45) is 0.352. The fraction of sp³-hybridized carbons (Fsp3) is 0.368. The average molecular weight is 283 g/mol. The van der Waals surface area contributed by atoms with Gasteiger partial charge in [0, 0.05) is 12.5 Å². The molecule has 0 aromatic heterocycles. The number of nitrogens with two attached hydrogens (primary N) is 1. The summed E-state index contributed by atoms with van der Waals surface area (Å²) in [6.45, 7) is 6.74. The SMILES string of the molecule is CCc1ccccc1C(O)C(CN)c1ccc(C)c(C)c1. The van der Waals surface area contributed by atoms with Crippen molar-refractivity contribution < 1.29 is 5.11 Å². The second-order valence-corrected chi connectivity index (χ2v) is 5.68. The van der Waals surface area contributed by atoms with Crippen molar-refractivity contribution in [1.29, 1.82) is 0 Å². The van der Waals surface area contributed by atoms with E-state index in [1.807, 2.05) is 18.2 Å². The predicted molar refractivity (Wildman–Crippen MR) is 88.5 cm³/mol. The van der Waals surface area contributed by atoms with Crippen LogP contribution in [0.2, 0.25) is 0 Å². The average Bonchev–Trinajstić information content (AvgIpc) is 2.51. The topological polar surface area (TPSA) is 46.2 Å². The smallest absolute Gasteiger partial charge is 0.0873 e. The molecule has 0 saturated carbocycles. The van der Waals surface area contributed by atoms with Crippen molar-refractivity contribution in [2.75, 3.05) is 6.54 Å². The zero-order chi connectivity index (χ0) is 15.4. The van der Waals surface area contributed by atoms with Crippen molar-refractivity contribution in [2.45, 2.75) is 39.2 Å². The highest BCUT2D eigenvalue weighted by Crippen LogP contribution is 2.33. The molecule has 2 nitrogen and oxygen atoms in total. The first-order chi connectivity index (χ1) is 10.1. The van der Waals surface area contributed by atoms with Crippen molar-refractivity contribution >= 4 is 0 Å². The molecule has 2 unspecified atom stereocenters. The van der Waals surface area contributed by atoms with Crippen LogP contribution in [-0.4, -0.2) is 11.7 Å². The summed E-state index contributed by atoms with van der Waals surface area (Å²) in [6, 6.07) is 14.4. The van der Waals surface area contributed by atoms with Crippen LogP contribution >= 0.6 is 0 Å². The van der Waals surface area contributed by atoms with Crippen LogP contribution in [0.1, 0.15) is 46.8 Å². The molecule has 0 spiro atoms. The highest BCUT2D eigenvalue weighted by molar-refractivity contribution is 5.36. The Hall–Kier alpha value is -1.64. The van der Waals surface area contributed by atoms with Crippen LogP contribution in [0.3, 0.4) is 0 Å². The molecule has 2 heteroatoms. The Kier molecular flexibility index (Phi) is 5.16. The van der Waals surface area contributed by atoms with E-state index >= 15 is 0 Å². The maximum absolute atomic E-state index is 10.8. The Labute approximate surface area is 127 Å². The van der Waals surface area contributed by atoms with Gasteiger partial charge in [-0.25, -0.2) is 0 Å².